The lowest BCUT2D eigenvalue weighted by atomic mass is 9.83. The Balaban J connectivity index is 1.90. The molecule has 0 radical (unpaired) electrons. The number of furan rings is 1. The topological polar surface area (TPSA) is 45.4 Å². The molecule has 76 valence electrons. The molecule has 2 aliphatic heterocycles. The summed E-state index contributed by atoms with van der Waals surface area (Å²) in [5, 5.41) is 14.0. The standard InChI is InChI=1S/C11H15NO2/c13-11(8-3-4-14-7-8)5-9-1-2-10(6-11)12-9/h3-4,7,9-10,12-13H,1-2,5-6H2. The van der Waals surface area contributed by atoms with Gasteiger partial charge in [0.1, 0.15) is 0 Å². The van der Waals surface area contributed by atoms with E-state index in [1.165, 1.54) is 12.8 Å². The minimum atomic E-state index is -0.649. The third-order valence-electron chi connectivity index (χ3n) is 3.56. The number of hydrogen-bond donors (Lipinski definition) is 2. The number of piperidine rings is 1. The summed E-state index contributed by atoms with van der Waals surface area (Å²) in [5.41, 5.74) is 0.292. The Labute approximate surface area is 83.1 Å². The molecule has 0 aliphatic carbocycles. The average molecular weight is 193 g/mol. The third kappa shape index (κ3) is 1.20. The fraction of sp³-hybridized carbons (Fsp3) is 0.636. The summed E-state index contributed by atoms with van der Waals surface area (Å²) in [5.74, 6) is 0. The lowest BCUT2D eigenvalue weighted by Gasteiger charge is -2.36. The molecule has 3 heterocycles. The highest BCUT2D eigenvalue weighted by atomic mass is 16.3. The molecule has 2 bridgehead atoms. The van der Waals surface area contributed by atoms with Crippen LogP contribution in [-0.4, -0.2) is 17.2 Å². The summed E-state index contributed by atoms with van der Waals surface area (Å²) in [6, 6.07) is 2.87. The van der Waals surface area contributed by atoms with Crippen LogP contribution in [0.15, 0.2) is 23.0 Å². The van der Waals surface area contributed by atoms with Gasteiger partial charge in [0, 0.05) is 17.6 Å². The van der Waals surface area contributed by atoms with E-state index in [9.17, 15) is 5.11 Å². The van der Waals surface area contributed by atoms with Gasteiger partial charge < -0.3 is 14.8 Å². The maximum atomic E-state index is 10.5. The number of rotatable bonds is 1. The van der Waals surface area contributed by atoms with Crippen LogP contribution in [0.25, 0.3) is 0 Å². The molecule has 0 spiro atoms. The fourth-order valence-corrected chi connectivity index (χ4v) is 2.89. The van der Waals surface area contributed by atoms with Crippen molar-refractivity contribution in [1.29, 1.82) is 0 Å². The molecule has 2 N–H and O–H groups in total. The Bertz CT molecular complexity index is 308. The smallest absolute Gasteiger partial charge is 0.0963 e. The van der Waals surface area contributed by atoms with E-state index in [4.69, 9.17) is 4.42 Å². The Hall–Kier alpha value is -0.800. The third-order valence-corrected chi connectivity index (χ3v) is 3.56. The zero-order chi connectivity index (χ0) is 9.60. The van der Waals surface area contributed by atoms with Gasteiger partial charge in [-0.05, 0) is 31.7 Å². The SMILES string of the molecule is OC1(c2ccoc2)CC2CCC(C1)N2. The second-order valence-electron chi connectivity index (χ2n) is 4.59. The number of nitrogens with one attached hydrogen (secondary N) is 1. The van der Waals surface area contributed by atoms with Gasteiger partial charge in [0.25, 0.3) is 0 Å². The molecule has 14 heavy (non-hydrogen) atoms. The van der Waals surface area contributed by atoms with Gasteiger partial charge in [0.05, 0.1) is 18.1 Å². The van der Waals surface area contributed by atoms with Crippen LogP contribution in [0.4, 0.5) is 0 Å². The molecule has 0 amide bonds. The lowest BCUT2D eigenvalue weighted by molar-refractivity contribution is -0.0119. The largest absolute Gasteiger partial charge is 0.472 e. The van der Waals surface area contributed by atoms with Crippen LogP contribution < -0.4 is 5.32 Å². The summed E-state index contributed by atoms with van der Waals surface area (Å²) in [6.45, 7) is 0. The normalized spacial score (nSPS) is 41.5. The molecular formula is C11H15NO2. The van der Waals surface area contributed by atoms with Crippen molar-refractivity contribution in [2.24, 2.45) is 0 Å². The van der Waals surface area contributed by atoms with E-state index >= 15 is 0 Å². The number of fused-ring (bicyclic) bond motifs is 2. The zero-order valence-corrected chi connectivity index (χ0v) is 8.07. The molecule has 2 atom stereocenters. The first-order valence-corrected chi connectivity index (χ1v) is 5.27. The van der Waals surface area contributed by atoms with Crippen LogP contribution in [0, 0.1) is 0 Å². The minimum absolute atomic E-state index is 0.494. The molecule has 2 aliphatic rings. The van der Waals surface area contributed by atoms with Crippen LogP contribution in [-0.2, 0) is 5.60 Å². The van der Waals surface area contributed by atoms with Gasteiger partial charge in [-0.1, -0.05) is 0 Å². The molecular weight excluding hydrogens is 178 g/mol. The minimum Gasteiger partial charge on any atom is -0.472 e. The van der Waals surface area contributed by atoms with E-state index in [1.807, 2.05) is 6.07 Å². The summed E-state index contributed by atoms with van der Waals surface area (Å²) >= 11 is 0. The highest BCUT2D eigenvalue weighted by Crippen LogP contribution is 2.40. The first kappa shape index (κ1) is 8.50. The van der Waals surface area contributed by atoms with E-state index in [-0.39, 0.29) is 0 Å². The van der Waals surface area contributed by atoms with Gasteiger partial charge in [-0.3, -0.25) is 0 Å². The fourth-order valence-electron chi connectivity index (χ4n) is 2.89. The van der Waals surface area contributed by atoms with Gasteiger partial charge in [-0.2, -0.15) is 0 Å². The van der Waals surface area contributed by atoms with Gasteiger partial charge in [0.15, 0.2) is 0 Å². The molecule has 3 heteroatoms. The maximum absolute atomic E-state index is 10.5. The first-order chi connectivity index (χ1) is 6.76. The summed E-state index contributed by atoms with van der Waals surface area (Å²) < 4.78 is 5.04. The van der Waals surface area contributed by atoms with Crippen LogP contribution in [0.2, 0.25) is 0 Å². The highest BCUT2D eigenvalue weighted by molar-refractivity contribution is 5.20. The van der Waals surface area contributed by atoms with E-state index in [1.54, 1.807) is 12.5 Å². The molecule has 3 nitrogen and oxygen atoms in total. The molecule has 2 fully saturated rings. The Morgan fingerprint density at radius 1 is 1.36 bits per heavy atom. The quantitative estimate of drug-likeness (QED) is 0.708. The maximum Gasteiger partial charge on any atom is 0.0963 e. The van der Waals surface area contributed by atoms with Gasteiger partial charge in [-0.15, -0.1) is 0 Å². The van der Waals surface area contributed by atoms with Crippen molar-refractivity contribution < 1.29 is 9.52 Å². The van der Waals surface area contributed by atoms with E-state index < -0.39 is 5.60 Å². The molecule has 1 aromatic rings. The molecule has 1 aromatic heterocycles. The van der Waals surface area contributed by atoms with Crippen molar-refractivity contribution >= 4 is 0 Å². The van der Waals surface area contributed by atoms with Crippen molar-refractivity contribution in [2.45, 2.75) is 43.4 Å². The molecule has 0 aromatic carbocycles. The van der Waals surface area contributed by atoms with Crippen LogP contribution in [0.3, 0.4) is 0 Å². The van der Waals surface area contributed by atoms with Gasteiger partial charge >= 0.3 is 0 Å². The highest BCUT2D eigenvalue weighted by Gasteiger charge is 2.43. The second-order valence-corrected chi connectivity index (χ2v) is 4.59. The second kappa shape index (κ2) is 2.84. The lowest BCUT2D eigenvalue weighted by Crippen LogP contribution is -2.46. The summed E-state index contributed by atoms with van der Waals surface area (Å²) in [6.07, 6.45) is 7.35. The van der Waals surface area contributed by atoms with E-state index in [0.29, 0.717) is 12.1 Å². The van der Waals surface area contributed by atoms with Crippen molar-refractivity contribution in [3.63, 3.8) is 0 Å². The summed E-state index contributed by atoms with van der Waals surface area (Å²) in [7, 11) is 0. The van der Waals surface area contributed by atoms with Crippen molar-refractivity contribution in [3.8, 4) is 0 Å². The van der Waals surface area contributed by atoms with E-state index in [0.717, 1.165) is 18.4 Å². The van der Waals surface area contributed by atoms with Crippen molar-refractivity contribution in [3.05, 3.63) is 24.2 Å². The summed E-state index contributed by atoms with van der Waals surface area (Å²) in [4.78, 5) is 0. The van der Waals surface area contributed by atoms with E-state index in [2.05, 4.69) is 5.32 Å². The number of hydrogen-bond acceptors (Lipinski definition) is 3. The molecule has 3 rings (SSSR count). The first-order valence-electron chi connectivity index (χ1n) is 5.27. The average Bonchev–Trinajstić information content (AvgIpc) is 2.75. The van der Waals surface area contributed by atoms with Gasteiger partial charge in [-0.25, -0.2) is 0 Å². The van der Waals surface area contributed by atoms with Crippen LogP contribution in [0.1, 0.15) is 31.2 Å². The molecule has 0 saturated carbocycles. The Morgan fingerprint density at radius 3 is 2.64 bits per heavy atom. The van der Waals surface area contributed by atoms with Crippen molar-refractivity contribution in [2.75, 3.05) is 0 Å². The predicted octanol–water partition coefficient (Wildman–Crippen LogP) is 1.38. The van der Waals surface area contributed by atoms with Gasteiger partial charge in [0.2, 0.25) is 0 Å². The van der Waals surface area contributed by atoms with Crippen LogP contribution >= 0.6 is 0 Å². The van der Waals surface area contributed by atoms with Crippen LogP contribution in [0.5, 0.6) is 0 Å². The zero-order valence-electron chi connectivity index (χ0n) is 8.07. The van der Waals surface area contributed by atoms with Crippen molar-refractivity contribution in [1.82, 2.24) is 5.32 Å². The Morgan fingerprint density at radius 2 is 2.07 bits per heavy atom. The molecule has 2 unspecified atom stereocenters. The number of aliphatic hydroxyl groups is 1. The Kier molecular flexibility index (Phi) is 1.73. The monoisotopic (exact) mass is 193 g/mol. The molecule has 2 saturated heterocycles. The predicted molar refractivity (Wildman–Crippen MR) is 51.8 cm³/mol.